The number of hydrogen-bond donors (Lipinski definition) is 3. The monoisotopic (exact) mass is 472 g/mol. The molecule has 0 saturated carbocycles. The highest BCUT2D eigenvalue weighted by Crippen LogP contribution is 2.46. The molecule has 10 heteroatoms. The van der Waals surface area contributed by atoms with Gasteiger partial charge in [0.25, 0.3) is 0 Å². The molecule has 1 aliphatic heterocycles. The standard InChI is InChI=1S/C21H25ClO8S/c22-14-5-1-3-12-4-2-6-18(19(12)14)31(27,28)17-7-8-21(9-13(17)20(25)26)29-15(10-23)16(11-24)30-21/h1,3,5,9,15-18,23-24H,2,4,6-8,10-11H2,(H,25,26)/t15-,16-,17+,18-/m0/s1. The zero-order valence-electron chi connectivity index (χ0n) is 16.7. The smallest absolute Gasteiger partial charge is 0.332 e. The average molecular weight is 473 g/mol. The molecule has 170 valence electrons. The topological polar surface area (TPSA) is 130 Å². The van der Waals surface area contributed by atoms with Crippen LogP contribution in [0.5, 0.6) is 0 Å². The number of aliphatic hydroxyl groups is 2. The van der Waals surface area contributed by atoms with Crippen LogP contribution in [0.4, 0.5) is 0 Å². The highest BCUT2D eigenvalue weighted by atomic mass is 35.5. The van der Waals surface area contributed by atoms with Gasteiger partial charge in [0.15, 0.2) is 15.6 Å². The largest absolute Gasteiger partial charge is 0.478 e. The molecule has 1 aromatic carbocycles. The number of sulfone groups is 1. The van der Waals surface area contributed by atoms with Crippen molar-refractivity contribution in [2.45, 2.75) is 60.6 Å². The second-order valence-electron chi connectivity index (χ2n) is 8.20. The lowest BCUT2D eigenvalue weighted by atomic mass is 9.91. The van der Waals surface area contributed by atoms with E-state index in [4.69, 9.17) is 21.1 Å². The summed E-state index contributed by atoms with van der Waals surface area (Å²) in [6.45, 7) is -0.829. The summed E-state index contributed by atoms with van der Waals surface area (Å²) < 4.78 is 38.8. The molecule has 1 spiro atoms. The molecule has 31 heavy (non-hydrogen) atoms. The van der Waals surface area contributed by atoms with Crippen molar-refractivity contribution in [2.75, 3.05) is 13.2 Å². The Morgan fingerprint density at radius 3 is 2.42 bits per heavy atom. The number of fused-ring (bicyclic) bond motifs is 1. The first-order valence-electron chi connectivity index (χ1n) is 10.3. The third-order valence-corrected chi connectivity index (χ3v) is 9.25. The Balaban J connectivity index is 1.72. The van der Waals surface area contributed by atoms with Crippen LogP contribution < -0.4 is 0 Å². The van der Waals surface area contributed by atoms with Crippen LogP contribution in [0.15, 0.2) is 29.8 Å². The molecule has 0 unspecified atom stereocenters. The first-order chi connectivity index (χ1) is 14.7. The van der Waals surface area contributed by atoms with Gasteiger partial charge < -0.3 is 24.8 Å². The van der Waals surface area contributed by atoms with Gasteiger partial charge in [-0.05, 0) is 49.0 Å². The van der Waals surface area contributed by atoms with Gasteiger partial charge in [-0.3, -0.25) is 0 Å². The van der Waals surface area contributed by atoms with Crippen molar-refractivity contribution in [1.82, 2.24) is 0 Å². The molecule has 4 rings (SSSR count). The Hall–Kier alpha value is -1.49. The fraction of sp³-hybridized carbons (Fsp3) is 0.571. The van der Waals surface area contributed by atoms with E-state index in [9.17, 15) is 28.5 Å². The molecule has 8 nitrogen and oxygen atoms in total. The Bertz CT molecular complexity index is 993. The van der Waals surface area contributed by atoms with E-state index < -0.39 is 57.5 Å². The number of halogens is 1. The maximum Gasteiger partial charge on any atom is 0.332 e. The first kappa shape index (κ1) is 22.7. The molecule has 1 aromatic rings. The minimum absolute atomic E-state index is 0.0208. The highest BCUT2D eigenvalue weighted by Gasteiger charge is 2.52. The van der Waals surface area contributed by atoms with Crippen molar-refractivity contribution in [2.24, 2.45) is 0 Å². The summed E-state index contributed by atoms with van der Waals surface area (Å²) in [5.74, 6) is -2.86. The normalized spacial score (nSPS) is 30.1. The Labute approximate surface area is 185 Å². The molecule has 4 atom stereocenters. The summed E-state index contributed by atoms with van der Waals surface area (Å²) in [7, 11) is -3.94. The lowest BCUT2D eigenvalue weighted by Crippen LogP contribution is -2.42. The lowest BCUT2D eigenvalue weighted by Gasteiger charge is -2.36. The molecule has 0 aromatic heterocycles. The number of ether oxygens (including phenoxy) is 2. The Morgan fingerprint density at radius 2 is 1.81 bits per heavy atom. The second-order valence-corrected chi connectivity index (χ2v) is 10.9. The van der Waals surface area contributed by atoms with Gasteiger partial charge in [0.2, 0.25) is 0 Å². The van der Waals surface area contributed by atoms with Crippen molar-refractivity contribution < 1.29 is 38.0 Å². The van der Waals surface area contributed by atoms with E-state index in [1.807, 2.05) is 6.07 Å². The van der Waals surface area contributed by atoms with Crippen LogP contribution in [0, 0.1) is 0 Å². The van der Waals surface area contributed by atoms with E-state index in [1.54, 1.807) is 12.1 Å². The van der Waals surface area contributed by atoms with Gasteiger partial charge in [0, 0.05) is 11.4 Å². The fourth-order valence-electron chi connectivity index (χ4n) is 4.93. The van der Waals surface area contributed by atoms with Crippen LogP contribution >= 0.6 is 11.6 Å². The van der Waals surface area contributed by atoms with Crippen LogP contribution in [0.2, 0.25) is 5.02 Å². The van der Waals surface area contributed by atoms with Crippen molar-refractivity contribution >= 4 is 27.4 Å². The van der Waals surface area contributed by atoms with Crippen molar-refractivity contribution in [3.05, 3.63) is 46.0 Å². The van der Waals surface area contributed by atoms with Crippen LogP contribution in [-0.4, -0.2) is 66.2 Å². The van der Waals surface area contributed by atoms with Crippen molar-refractivity contribution in [3.8, 4) is 0 Å². The van der Waals surface area contributed by atoms with Gasteiger partial charge >= 0.3 is 5.97 Å². The number of carbonyl (C=O) groups is 1. The summed E-state index contributed by atoms with van der Waals surface area (Å²) in [5, 5.41) is 27.0. The molecule has 3 N–H and O–H groups in total. The van der Waals surface area contributed by atoms with E-state index >= 15 is 0 Å². The van der Waals surface area contributed by atoms with Crippen LogP contribution in [0.1, 0.15) is 42.1 Å². The summed E-state index contributed by atoms with van der Waals surface area (Å²) >= 11 is 6.36. The molecular formula is C21H25ClO8S. The first-order valence-corrected chi connectivity index (χ1v) is 12.2. The van der Waals surface area contributed by atoms with E-state index in [-0.39, 0.29) is 18.4 Å². The van der Waals surface area contributed by atoms with Gasteiger partial charge in [-0.25, -0.2) is 13.2 Å². The average Bonchev–Trinajstić information content (AvgIpc) is 3.10. The Kier molecular flexibility index (Phi) is 6.19. The van der Waals surface area contributed by atoms with Crippen LogP contribution in [-0.2, 0) is 30.5 Å². The van der Waals surface area contributed by atoms with Gasteiger partial charge in [-0.1, -0.05) is 23.7 Å². The third-order valence-electron chi connectivity index (χ3n) is 6.37. The molecule has 0 bridgehead atoms. The van der Waals surface area contributed by atoms with E-state index in [1.165, 1.54) is 6.08 Å². The predicted octanol–water partition coefficient (Wildman–Crippen LogP) is 1.77. The van der Waals surface area contributed by atoms with Gasteiger partial charge in [0.05, 0.1) is 29.3 Å². The molecule has 2 aliphatic carbocycles. The number of aliphatic carboxylic acids is 1. The van der Waals surface area contributed by atoms with E-state index in [0.29, 0.717) is 23.4 Å². The predicted molar refractivity (Wildman–Crippen MR) is 111 cm³/mol. The third kappa shape index (κ3) is 3.92. The molecule has 3 aliphatic rings. The van der Waals surface area contributed by atoms with Gasteiger partial charge in [0.1, 0.15) is 12.2 Å². The zero-order valence-corrected chi connectivity index (χ0v) is 18.3. The second kappa shape index (κ2) is 8.46. The number of carboxylic acid groups (broad SMARTS) is 1. The SMILES string of the molecule is O=C(O)C1=CC2(CC[C@H]1S(=O)(=O)[C@H]1CCCc3cccc(Cl)c31)O[C@@H](CO)[C@H](CO)O2. The number of aliphatic hydroxyl groups excluding tert-OH is 2. The number of benzene rings is 1. The lowest BCUT2D eigenvalue weighted by molar-refractivity contribution is -0.153. The summed E-state index contributed by atoms with van der Waals surface area (Å²) in [4.78, 5) is 12.1. The number of rotatable bonds is 5. The number of carboxylic acids is 1. The van der Waals surface area contributed by atoms with Crippen LogP contribution in [0.25, 0.3) is 0 Å². The summed E-state index contributed by atoms with van der Waals surface area (Å²) in [6, 6.07) is 5.30. The number of hydrogen-bond acceptors (Lipinski definition) is 7. The van der Waals surface area contributed by atoms with E-state index in [0.717, 1.165) is 12.0 Å². The fourth-order valence-corrected chi connectivity index (χ4v) is 7.79. The maximum atomic E-state index is 13.7. The van der Waals surface area contributed by atoms with E-state index in [2.05, 4.69) is 0 Å². The minimum atomic E-state index is -3.94. The highest BCUT2D eigenvalue weighted by molar-refractivity contribution is 7.92. The molecular weight excluding hydrogens is 448 g/mol. The summed E-state index contributed by atoms with van der Waals surface area (Å²) in [6.07, 6.45) is 1.37. The van der Waals surface area contributed by atoms with Gasteiger partial charge in [-0.15, -0.1) is 0 Å². The molecule has 0 amide bonds. The van der Waals surface area contributed by atoms with Crippen LogP contribution in [0.3, 0.4) is 0 Å². The number of aryl methyl sites for hydroxylation is 1. The minimum Gasteiger partial charge on any atom is -0.478 e. The zero-order chi connectivity index (χ0) is 22.4. The molecule has 0 radical (unpaired) electrons. The Morgan fingerprint density at radius 1 is 1.13 bits per heavy atom. The molecule has 1 saturated heterocycles. The maximum absolute atomic E-state index is 13.7. The quantitative estimate of drug-likeness (QED) is 0.591. The van der Waals surface area contributed by atoms with Crippen molar-refractivity contribution in [1.29, 1.82) is 0 Å². The van der Waals surface area contributed by atoms with Gasteiger partial charge in [-0.2, -0.15) is 0 Å². The molecule has 1 fully saturated rings. The molecule has 1 heterocycles. The summed E-state index contributed by atoms with van der Waals surface area (Å²) in [5.41, 5.74) is 1.12. The van der Waals surface area contributed by atoms with Crippen molar-refractivity contribution in [3.63, 3.8) is 0 Å².